The van der Waals surface area contributed by atoms with Gasteiger partial charge in [-0.25, -0.2) is 0 Å². The molecule has 5 heteroatoms. The lowest BCUT2D eigenvalue weighted by atomic mass is 10.2. The van der Waals surface area contributed by atoms with Crippen LogP contribution in [0.15, 0.2) is 29.3 Å². The van der Waals surface area contributed by atoms with E-state index in [1.165, 1.54) is 0 Å². The van der Waals surface area contributed by atoms with Gasteiger partial charge in [0.25, 0.3) is 0 Å². The molecule has 0 heterocycles. The summed E-state index contributed by atoms with van der Waals surface area (Å²) in [6, 6.07) is 7.35. The van der Waals surface area contributed by atoms with Crippen LogP contribution in [0.25, 0.3) is 0 Å². The fourth-order valence-corrected chi connectivity index (χ4v) is 1.43. The molecular weight excluding hydrogens is 212 g/mol. The summed E-state index contributed by atoms with van der Waals surface area (Å²) in [6.07, 6.45) is -0.436. The van der Waals surface area contributed by atoms with E-state index in [9.17, 15) is 0 Å². The average molecular weight is 227 g/mol. The highest BCUT2D eigenvalue weighted by Gasteiger charge is 2.09. The maximum atomic E-state index is 5.98. The zero-order valence-electron chi connectivity index (χ0n) is 8.57. The van der Waals surface area contributed by atoms with Crippen LogP contribution in [0, 0.1) is 0 Å². The maximum absolute atomic E-state index is 5.98. The van der Waals surface area contributed by atoms with Gasteiger partial charge in [0.05, 0.1) is 0 Å². The van der Waals surface area contributed by atoms with Gasteiger partial charge in [-0.05, 0) is 13.0 Å². The number of hydrogen-bond donors (Lipinski definition) is 3. The molecule has 0 aromatic heterocycles. The van der Waals surface area contributed by atoms with Crippen LogP contribution in [-0.4, -0.2) is 12.5 Å². The highest BCUT2D eigenvalue weighted by atomic mass is 35.5. The van der Waals surface area contributed by atoms with Gasteiger partial charge in [-0.1, -0.05) is 29.8 Å². The third-order valence-electron chi connectivity index (χ3n) is 1.87. The average Bonchev–Trinajstić information content (AvgIpc) is 2.18. The van der Waals surface area contributed by atoms with Crippen molar-refractivity contribution in [3.63, 3.8) is 0 Å². The quantitative estimate of drug-likeness (QED) is 0.412. The fraction of sp³-hybridized carbons (Fsp3) is 0.300. The van der Waals surface area contributed by atoms with Gasteiger partial charge in [0.15, 0.2) is 5.96 Å². The molecule has 5 N–H and O–H groups in total. The van der Waals surface area contributed by atoms with E-state index in [1.54, 1.807) is 6.07 Å². The molecule has 0 aliphatic carbocycles. The Balaban J connectivity index is 2.73. The van der Waals surface area contributed by atoms with E-state index in [-0.39, 0.29) is 0 Å². The van der Waals surface area contributed by atoms with Crippen molar-refractivity contribution in [1.82, 2.24) is 5.32 Å². The Bertz CT molecular complexity index is 351. The minimum absolute atomic E-state index is 0.324. The monoisotopic (exact) mass is 226 g/mol. The van der Waals surface area contributed by atoms with E-state index < -0.39 is 6.17 Å². The second-order valence-corrected chi connectivity index (χ2v) is 3.41. The van der Waals surface area contributed by atoms with Gasteiger partial charge >= 0.3 is 0 Å². The van der Waals surface area contributed by atoms with E-state index in [1.807, 2.05) is 25.1 Å². The van der Waals surface area contributed by atoms with Gasteiger partial charge in [-0.15, -0.1) is 0 Å². The Labute approximate surface area is 94.3 Å². The highest BCUT2D eigenvalue weighted by Crippen LogP contribution is 2.18. The van der Waals surface area contributed by atoms with Gasteiger partial charge in [0.2, 0.25) is 0 Å². The molecule has 1 aromatic rings. The van der Waals surface area contributed by atoms with Gasteiger partial charge in [0, 0.05) is 17.1 Å². The Morgan fingerprint density at radius 1 is 1.53 bits per heavy atom. The molecule has 0 aliphatic heterocycles. The second-order valence-electron chi connectivity index (χ2n) is 3.00. The number of rotatable bonds is 3. The standard InChI is InChI=1S/C10H15ClN4/c1-2-14-10(13)15-9(12)7-5-3-4-6-8(7)11/h3-6,9H,2,12H2,1H3,(H3,13,14,15)/t9-/m0/s1. The largest absolute Gasteiger partial charge is 0.370 e. The molecule has 0 saturated carbocycles. The van der Waals surface area contributed by atoms with Crippen LogP contribution in [-0.2, 0) is 0 Å². The van der Waals surface area contributed by atoms with E-state index in [4.69, 9.17) is 23.1 Å². The Hall–Kier alpha value is -1.26. The lowest BCUT2D eigenvalue weighted by molar-refractivity contribution is 0.675. The molecule has 0 saturated heterocycles. The molecule has 1 aromatic carbocycles. The summed E-state index contributed by atoms with van der Waals surface area (Å²) >= 11 is 5.98. The first-order valence-corrected chi connectivity index (χ1v) is 5.09. The Morgan fingerprint density at radius 2 is 2.20 bits per heavy atom. The minimum Gasteiger partial charge on any atom is -0.370 e. The molecular formula is C10H15ClN4. The molecule has 0 spiro atoms. The lowest BCUT2D eigenvalue weighted by Gasteiger charge is -2.15. The van der Waals surface area contributed by atoms with E-state index >= 15 is 0 Å². The van der Waals surface area contributed by atoms with Crippen molar-refractivity contribution in [2.24, 2.45) is 16.5 Å². The molecule has 0 unspecified atom stereocenters. The van der Waals surface area contributed by atoms with Gasteiger partial charge in [0.1, 0.15) is 6.17 Å². The summed E-state index contributed by atoms with van der Waals surface area (Å²) in [6.45, 7) is 2.52. The van der Waals surface area contributed by atoms with Crippen LogP contribution >= 0.6 is 11.6 Å². The molecule has 15 heavy (non-hydrogen) atoms. The van der Waals surface area contributed by atoms with Crippen LogP contribution < -0.4 is 16.8 Å². The van der Waals surface area contributed by atoms with E-state index in [0.29, 0.717) is 17.5 Å². The van der Waals surface area contributed by atoms with Crippen LogP contribution in [0.1, 0.15) is 18.7 Å². The number of nitrogens with one attached hydrogen (secondary N) is 1. The summed E-state index contributed by atoms with van der Waals surface area (Å²) in [5, 5.41) is 3.47. The first-order chi connectivity index (χ1) is 7.15. The summed E-state index contributed by atoms with van der Waals surface area (Å²) in [5.74, 6) is 0.324. The molecule has 0 radical (unpaired) electrons. The number of nitrogens with two attached hydrogens (primary N) is 2. The first kappa shape index (κ1) is 11.8. The van der Waals surface area contributed by atoms with E-state index in [0.717, 1.165) is 5.56 Å². The summed E-state index contributed by atoms with van der Waals surface area (Å²) in [4.78, 5) is 3.98. The molecule has 4 nitrogen and oxygen atoms in total. The van der Waals surface area contributed by atoms with Crippen LogP contribution in [0.2, 0.25) is 5.02 Å². The van der Waals surface area contributed by atoms with Crippen molar-refractivity contribution in [2.45, 2.75) is 13.1 Å². The number of hydrogen-bond acceptors (Lipinski definition) is 2. The highest BCUT2D eigenvalue weighted by molar-refractivity contribution is 6.31. The summed E-state index contributed by atoms with van der Waals surface area (Å²) in [7, 11) is 0. The van der Waals surface area contributed by atoms with Crippen molar-refractivity contribution < 1.29 is 0 Å². The Kier molecular flexibility index (Phi) is 4.39. The van der Waals surface area contributed by atoms with Crippen molar-refractivity contribution >= 4 is 17.6 Å². The van der Waals surface area contributed by atoms with Crippen LogP contribution in [0.3, 0.4) is 0 Å². The number of halogens is 1. The third-order valence-corrected chi connectivity index (χ3v) is 2.22. The molecule has 0 amide bonds. The Morgan fingerprint density at radius 3 is 2.80 bits per heavy atom. The van der Waals surface area contributed by atoms with Crippen LogP contribution in [0.4, 0.5) is 0 Å². The number of nitrogens with zero attached hydrogens (tertiary/aromatic N) is 1. The van der Waals surface area contributed by atoms with Gasteiger partial charge in [-0.2, -0.15) is 0 Å². The number of benzene rings is 1. The van der Waals surface area contributed by atoms with Crippen molar-refractivity contribution in [3.8, 4) is 0 Å². The smallest absolute Gasteiger partial charge is 0.190 e. The molecule has 1 rings (SSSR count). The topological polar surface area (TPSA) is 76.4 Å². The third kappa shape index (κ3) is 3.42. The maximum Gasteiger partial charge on any atom is 0.190 e. The van der Waals surface area contributed by atoms with Crippen LogP contribution in [0.5, 0.6) is 0 Å². The molecule has 82 valence electrons. The molecule has 0 bridgehead atoms. The van der Waals surface area contributed by atoms with Crippen molar-refractivity contribution in [1.29, 1.82) is 0 Å². The minimum atomic E-state index is -0.436. The first-order valence-electron chi connectivity index (χ1n) is 4.71. The molecule has 1 atom stereocenters. The number of guanidine groups is 1. The van der Waals surface area contributed by atoms with E-state index in [2.05, 4.69) is 10.3 Å². The predicted molar refractivity (Wildman–Crippen MR) is 63.7 cm³/mol. The SMILES string of the molecule is CCN=C(N)N[C@H](N)c1ccccc1Cl. The number of aliphatic imine (C=N–C) groups is 1. The summed E-state index contributed by atoms with van der Waals surface area (Å²) in [5.41, 5.74) is 12.3. The van der Waals surface area contributed by atoms with Crippen molar-refractivity contribution in [3.05, 3.63) is 34.9 Å². The molecule has 0 aliphatic rings. The fourth-order valence-electron chi connectivity index (χ4n) is 1.18. The predicted octanol–water partition coefficient (Wildman–Crippen LogP) is 1.22. The zero-order chi connectivity index (χ0) is 11.3. The van der Waals surface area contributed by atoms with Gasteiger partial charge in [-0.3, -0.25) is 4.99 Å². The zero-order valence-corrected chi connectivity index (χ0v) is 9.33. The molecule has 0 fully saturated rings. The second kappa shape index (κ2) is 5.58. The van der Waals surface area contributed by atoms with Gasteiger partial charge < -0.3 is 16.8 Å². The normalized spacial score (nSPS) is 13.7. The summed E-state index contributed by atoms with van der Waals surface area (Å²) < 4.78 is 0. The van der Waals surface area contributed by atoms with Crippen molar-refractivity contribution in [2.75, 3.05) is 6.54 Å². The lowest BCUT2D eigenvalue weighted by Crippen LogP contribution is -2.39.